The van der Waals surface area contributed by atoms with Crippen LogP contribution in [0, 0.1) is 12.8 Å². The van der Waals surface area contributed by atoms with Crippen molar-refractivity contribution in [1.29, 1.82) is 0 Å². The van der Waals surface area contributed by atoms with Crippen molar-refractivity contribution in [3.05, 3.63) is 94.5 Å². The van der Waals surface area contributed by atoms with Gasteiger partial charge in [0.15, 0.2) is 0 Å². The van der Waals surface area contributed by atoms with E-state index in [1.807, 2.05) is 52.0 Å². The van der Waals surface area contributed by atoms with E-state index in [1.54, 1.807) is 42.5 Å². The molecule has 2 amide bonds. The number of hydrogen-bond donors (Lipinski definition) is 1. The third kappa shape index (κ3) is 8.16. The summed E-state index contributed by atoms with van der Waals surface area (Å²) in [5.74, 6) is -0.477. The van der Waals surface area contributed by atoms with Gasteiger partial charge in [-0.05, 0) is 61.2 Å². The van der Waals surface area contributed by atoms with Gasteiger partial charge in [-0.15, -0.1) is 0 Å². The maximum Gasteiger partial charge on any atom is 0.264 e. The van der Waals surface area contributed by atoms with E-state index in [-0.39, 0.29) is 23.3 Å². The molecule has 1 N–H and O–H groups in total. The Kier molecular flexibility index (Phi) is 10.7. The van der Waals surface area contributed by atoms with E-state index in [4.69, 9.17) is 0 Å². The van der Waals surface area contributed by atoms with Crippen LogP contribution >= 0.6 is 15.9 Å². The quantitative estimate of drug-likeness (QED) is 0.291. The minimum atomic E-state index is -4.08. The highest BCUT2D eigenvalue weighted by atomic mass is 79.9. The second-order valence-corrected chi connectivity index (χ2v) is 12.7. The number of benzene rings is 3. The monoisotopic (exact) mass is 613 g/mol. The van der Waals surface area contributed by atoms with Crippen LogP contribution in [-0.2, 0) is 26.2 Å². The molecule has 9 heteroatoms. The average molecular weight is 615 g/mol. The lowest BCUT2D eigenvalue weighted by Gasteiger charge is -2.33. The minimum absolute atomic E-state index is 0.0765. The normalized spacial score (nSPS) is 12.2. The zero-order valence-corrected chi connectivity index (χ0v) is 25.2. The molecule has 0 fully saturated rings. The van der Waals surface area contributed by atoms with Crippen molar-refractivity contribution in [2.24, 2.45) is 5.92 Å². The fourth-order valence-electron chi connectivity index (χ4n) is 4.21. The van der Waals surface area contributed by atoms with Crippen LogP contribution in [0.5, 0.6) is 0 Å². The van der Waals surface area contributed by atoms with Gasteiger partial charge in [-0.3, -0.25) is 13.9 Å². The molecule has 0 aliphatic heterocycles. The number of aryl methyl sites for hydroxylation is 1. The summed E-state index contributed by atoms with van der Waals surface area (Å²) in [7, 11) is -4.08. The van der Waals surface area contributed by atoms with Crippen LogP contribution in [0.25, 0.3) is 0 Å². The van der Waals surface area contributed by atoms with Crippen LogP contribution in [0.15, 0.2) is 88.2 Å². The number of carbonyl (C=O) groups excluding carboxylic acids is 2. The number of sulfonamides is 1. The maximum atomic E-state index is 14.0. The summed E-state index contributed by atoms with van der Waals surface area (Å²) in [6.45, 7) is 8.01. The van der Waals surface area contributed by atoms with Gasteiger partial charge in [-0.2, -0.15) is 0 Å². The molecule has 0 bridgehead atoms. The Hall–Kier alpha value is -3.17. The molecule has 1 atom stereocenters. The first-order valence-electron chi connectivity index (χ1n) is 13.0. The lowest BCUT2D eigenvalue weighted by Crippen LogP contribution is -2.52. The van der Waals surface area contributed by atoms with E-state index in [0.29, 0.717) is 18.7 Å². The molecule has 0 heterocycles. The molecule has 208 valence electrons. The summed E-state index contributed by atoms with van der Waals surface area (Å²) in [5, 5.41) is 2.94. The molecule has 0 saturated carbocycles. The zero-order chi connectivity index (χ0) is 28.6. The van der Waals surface area contributed by atoms with E-state index < -0.39 is 28.5 Å². The van der Waals surface area contributed by atoms with Gasteiger partial charge in [-0.1, -0.05) is 84.7 Å². The third-order valence-electron chi connectivity index (χ3n) is 6.23. The highest BCUT2D eigenvalue weighted by Gasteiger charge is 2.33. The standard InChI is InChI=1S/C30H36BrN3O4S/c1-5-28(30(36)32-19-22(2)3)33(20-24-11-9-10-23(4)18-24)29(35)21-34(26-16-14-25(31)15-17-26)39(37,38)27-12-7-6-8-13-27/h6-18,22,28H,5,19-21H2,1-4H3,(H,32,36). The second-order valence-electron chi connectivity index (χ2n) is 9.87. The predicted molar refractivity (Wildman–Crippen MR) is 159 cm³/mol. The van der Waals surface area contributed by atoms with Crippen molar-refractivity contribution in [1.82, 2.24) is 10.2 Å². The first-order valence-corrected chi connectivity index (χ1v) is 15.2. The Bertz CT molecular complexity index is 1360. The van der Waals surface area contributed by atoms with Crippen LogP contribution < -0.4 is 9.62 Å². The van der Waals surface area contributed by atoms with Gasteiger partial charge in [0.25, 0.3) is 10.0 Å². The number of nitrogens with one attached hydrogen (secondary N) is 1. The van der Waals surface area contributed by atoms with Gasteiger partial charge in [0, 0.05) is 17.6 Å². The van der Waals surface area contributed by atoms with Crippen molar-refractivity contribution in [2.45, 2.75) is 51.6 Å². The van der Waals surface area contributed by atoms with Gasteiger partial charge in [-0.25, -0.2) is 8.42 Å². The Morgan fingerprint density at radius 3 is 2.21 bits per heavy atom. The molecule has 0 spiro atoms. The number of nitrogens with zero attached hydrogens (tertiary/aromatic N) is 2. The molecule has 0 saturated heterocycles. The number of hydrogen-bond acceptors (Lipinski definition) is 4. The fraction of sp³-hybridized carbons (Fsp3) is 0.333. The van der Waals surface area contributed by atoms with Crippen molar-refractivity contribution in [3.63, 3.8) is 0 Å². The number of rotatable bonds is 12. The smallest absolute Gasteiger partial charge is 0.264 e. The van der Waals surface area contributed by atoms with Crippen LogP contribution in [0.3, 0.4) is 0 Å². The van der Waals surface area contributed by atoms with Gasteiger partial charge < -0.3 is 10.2 Å². The van der Waals surface area contributed by atoms with Crippen molar-refractivity contribution in [2.75, 3.05) is 17.4 Å². The molecule has 3 aromatic rings. The van der Waals surface area contributed by atoms with E-state index in [2.05, 4.69) is 21.2 Å². The van der Waals surface area contributed by atoms with E-state index in [0.717, 1.165) is 19.9 Å². The fourth-order valence-corrected chi connectivity index (χ4v) is 5.90. The Labute approximate surface area is 240 Å². The molecular weight excluding hydrogens is 578 g/mol. The Morgan fingerprint density at radius 2 is 1.62 bits per heavy atom. The number of amides is 2. The number of anilines is 1. The first kappa shape index (κ1) is 30.4. The van der Waals surface area contributed by atoms with Gasteiger partial charge in [0.05, 0.1) is 10.6 Å². The van der Waals surface area contributed by atoms with Gasteiger partial charge in [0.1, 0.15) is 12.6 Å². The summed E-state index contributed by atoms with van der Waals surface area (Å²) in [4.78, 5) is 28.9. The molecule has 3 aromatic carbocycles. The largest absolute Gasteiger partial charge is 0.354 e. The van der Waals surface area contributed by atoms with E-state index >= 15 is 0 Å². The molecule has 1 unspecified atom stereocenters. The third-order valence-corrected chi connectivity index (χ3v) is 8.55. The van der Waals surface area contributed by atoms with E-state index in [1.165, 1.54) is 17.0 Å². The maximum absolute atomic E-state index is 14.0. The highest BCUT2D eigenvalue weighted by Crippen LogP contribution is 2.26. The average Bonchev–Trinajstić information content (AvgIpc) is 2.91. The molecule has 39 heavy (non-hydrogen) atoms. The topological polar surface area (TPSA) is 86.8 Å². The zero-order valence-electron chi connectivity index (χ0n) is 22.8. The van der Waals surface area contributed by atoms with Gasteiger partial charge >= 0.3 is 0 Å². The molecule has 3 rings (SSSR count). The van der Waals surface area contributed by atoms with Crippen LogP contribution in [0.1, 0.15) is 38.3 Å². The first-order chi connectivity index (χ1) is 18.5. The summed E-state index contributed by atoms with van der Waals surface area (Å²) >= 11 is 3.39. The SMILES string of the molecule is CCC(C(=O)NCC(C)C)N(Cc1cccc(C)c1)C(=O)CN(c1ccc(Br)cc1)S(=O)(=O)c1ccccc1. The highest BCUT2D eigenvalue weighted by molar-refractivity contribution is 9.10. The Morgan fingerprint density at radius 1 is 0.949 bits per heavy atom. The van der Waals surface area contributed by atoms with Crippen LogP contribution in [0.2, 0.25) is 0 Å². The molecular formula is C30H36BrN3O4S. The van der Waals surface area contributed by atoms with E-state index in [9.17, 15) is 18.0 Å². The van der Waals surface area contributed by atoms with Crippen molar-refractivity contribution in [3.8, 4) is 0 Å². The summed E-state index contributed by atoms with van der Waals surface area (Å²) in [6.07, 6.45) is 0.380. The van der Waals surface area contributed by atoms with Crippen LogP contribution in [-0.4, -0.2) is 44.3 Å². The predicted octanol–water partition coefficient (Wildman–Crippen LogP) is 5.53. The summed E-state index contributed by atoms with van der Waals surface area (Å²) in [5.41, 5.74) is 2.24. The van der Waals surface area contributed by atoms with Crippen molar-refractivity contribution >= 4 is 43.5 Å². The number of carbonyl (C=O) groups is 2. The lowest BCUT2D eigenvalue weighted by molar-refractivity contribution is -0.140. The minimum Gasteiger partial charge on any atom is -0.354 e. The molecule has 0 radical (unpaired) electrons. The van der Waals surface area contributed by atoms with Crippen molar-refractivity contribution < 1.29 is 18.0 Å². The lowest BCUT2D eigenvalue weighted by atomic mass is 10.1. The Balaban J connectivity index is 2.03. The molecule has 0 aliphatic carbocycles. The van der Waals surface area contributed by atoms with Crippen LogP contribution in [0.4, 0.5) is 5.69 Å². The number of halogens is 1. The summed E-state index contributed by atoms with van der Waals surface area (Å²) in [6, 6.07) is 21.8. The second kappa shape index (κ2) is 13.8. The van der Waals surface area contributed by atoms with Gasteiger partial charge in [0.2, 0.25) is 11.8 Å². The summed E-state index contributed by atoms with van der Waals surface area (Å²) < 4.78 is 29.5. The molecule has 0 aromatic heterocycles. The molecule has 7 nitrogen and oxygen atoms in total. The molecule has 0 aliphatic rings.